The van der Waals surface area contributed by atoms with Gasteiger partial charge >= 0.3 is 0 Å². The van der Waals surface area contributed by atoms with Crippen molar-refractivity contribution >= 4 is 0 Å². The molecular formula is C11H10N2. The monoisotopic (exact) mass is 170 g/mol. The van der Waals surface area contributed by atoms with Gasteiger partial charge in [-0.3, -0.25) is 0 Å². The minimum absolute atomic E-state index is 0.0351. The first-order chi connectivity index (χ1) is 6.26. The zero-order valence-corrected chi connectivity index (χ0v) is 7.49. The van der Waals surface area contributed by atoms with Gasteiger partial charge in [-0.05, 0) is 31.0 Å². The Morgan fingerprint density at radius 3 is 2.31 bits per heavy atom. The van der Waals surface area contributed by atoms with Crippen LogP contribution in [0.5, 0.6) is 0 Å². The van der Waals surface area contributed by atoms with E-state index in [0.29, 0.717) is 5.56 Å². The third kappa shape index (κ3) is 2.61. The highest BCUT2D eigenvalue weighted by molar-refractivity contribution is 5.31. The molecule has 0 amide bonds. The van der Waals surface area contributed by atoms with Crippen LogP contribution in [0.15, 0.2) is 24.3 Å². The Labute approximate surface area is 78.0 Å². The van der Waals surface area contributed by atoms with Crippen molar-refractivity contribution in [2.24, 2.45) is 5.92 Å². The molecule has 0 aliphatic heterocycles. The van der Waals surface area contributed by atoms with Gasteiger partial charge in [-0.1, -0.05) is 12.1 Å². The number of rotatable bonds is 2. The lowest BCUT2D eigenvalue weighted by Gasteiger charge is -2.01. The van der Waals surface area contributed by atoms with E-state index in [4.69, 9.17) is 10.5 Å². The minimum Gasteiger partial charge on any atom is -0.198 e. The summed E-state index contributed by atoms with van der Waals surface area (Å²) in [6.07, 6.45) is 0.752. The van der Waals surface area contributed by atoms with Crippen molar-refractivity contribution in [3.05, 3.63) is 35.4 Å². The number of nitrogens with zero attached hydrogens (tertiary/aromatic N) is 2. The molecule has 0 radical (unpaired) electrons. The van der Waals surface area contributed by atoms with Crippen molar-refractivity contribution < 1.29 is 0 Å². The largest absolute Gasteiger partial charge is 0.198 e. The third-order valence-electron chi connectivity index (χ3n) is 1.85. The van der Waals surface area contributed by atoms with Crippen molar-refractivity contribution in [2.75, 3.05) is 0 Å². The SMILES string of the molecule is CC(C#N)Cc1ccc(C#N)cc1. The molecule has 2 heteroatoms. The molecule has 1 unspecified atom stereocenters. The highest BCUT2D eigenvalue weighted by Gasteiger charge is 2.00. The fraction of sp³-hybridized carbons (Fsp3) is 0.273. The summed E-state index contributed by atoms with van der Waals surface area (Å²) in [6.45, 7) is 1.89. The fourth-order valence-electron chi connectivity index (χ4n) is 1.11. The minimum atomic E-state index is 0.0351. The van der Waals surface area contributed by atoms with E-state index in [-0.39, 0.29) is 5.92 Å². The van der Waals surface area contributed by atoms with Crippen LogP contribution < -0.4 is 0 Å². The smallest absolute Gasteiger partial charge is 0.0991 e. The molecule has 0 fully saturated rings. The number of nitriles is 2. The third-order valence-corrected chi connectivity index (χ3v) is 1.85. The maximum Gasteiger partial charge on any atom is 0.0991 e. The molecular weight excluding hydrogens is 160 g/mol. The van der Waals surface area contributed by atoms with Crippen LogP contribution in [0.25, 0.3) is 0 Å². The summed E-state index contributed by atoms with van der Waals surface area (Å²) < 4.78 is 0. The van der Waals surface area contributed by atoms with Gasteiger partial charge in [-0.15, -0.1) is 0 Å². The molecule has 0 aliphatic carbocycles. The van der Waals surface area contributed by atoms with Crippen LogP contribution in [-0.4, -0.2) is 0 Å². The second-order valence-electron chi connectivity index (χ2n) is 3.04. The molecule has 13 heavy (non-hydrogen) atoms. The topological polar surface area (TPSA) is 47.6 Å². The summed E-state index contributed by atoms with van der Waals surface area (Å²) in [5, 5.41) is 17.1. The van der Waals surface area contributed by atoms with Crippen LogP contribution in [0.3, 0.4) is 0 Å². The summed E-state index contributed by atoms with van der Waals surface area (Å²) in [7, 11) is 0. The van der Waals surface area contributed by atoms with Gasteiger partial charge in [0.1, 0.15) is 0 Å². The Morgan fingerprint density at radius 2 is 1.85 bits per heavy atom. The van der Waals surface area contributed by atoms with Gasteiger partial charge < -0.3 is 0 Å². The molecule has 0 saturated carbocycles. The number of hydrogen-bond donors (Lipinski definition) is 0. The van der Waals surface area contributed by atoms with Crippen molar-refractivity contribution in [2.45, 2.75) is 13.3 Å². The van der Waals surface area contributed by atoms with Crippen LogP contribution in [0.2, 0.25) is 0 Å². The normalized spacial score (nSPS) is 11.3. The van der Waals surface area contributed by atoms with Crippen molar-refractivity contribution in [1.82, 2.24) is 0 Å². The van der Waals surface area contributed by atoms with E-state index in [2.05, 4.69) is 12.1 Å². The first kappa shape index (κ1) is 9.29. The quantitative estimate of drug-likeness (QED) is 0.683. The lowest BCUT2D eigenvalue weighted by Crippen LogP contribution is -1.95. The zero-order chi connectivity index (χ0) is 9.68. The molecule has 0 spiro atoms. The van der Waals surface area contributed by atoms with Crippen LogP contribution in [-0.2, 0) is 6.42 Å². The van der Waals surface area contributed by atoms with E-state index >= 15 is 0 Å². The molecule has 64 valence electrons. The average Bonchev–Trinajstić information content (AvgIpc) is 2.19. The first-order valence-electron chi connectivity index (χ1n) is 4.15. The molecule has 2 nitrogen and oxygen atoms in total. The Bertz CT molecular complexity index is 351. The van der Waals surface area contributed by atoms with Gasteiger partial charge in [0.25, 0.3) is 0 Å². The van der Waals surface area contributed by atoms with Crippen molar-refractivity contribution in [3.8, 4) is 12.1 Å². The zero-order valence-electron chi connectivity index (χ0n) is 7.49. The van der Waals surface area contributed by atoms with Gasteiger partial charge in [0.05, 0.1) is 17.7 Å². The molecule has 0 N–H and O–H groups in total. The van der Waals surface area contributed by atoms with E-state index in [0.717, 1.165) is 12.0 Å². The standard InChI is InChI=1S/C11H10N2/c1-9(7-12)6-10-2-4-11(8-13)5-3-10/h2-5,9H,6H2,1H3. The highest BCUT2D eigenvalue weighted by atomic mass is 14.3. The molecule has 1 aromatic rings. The van der Waals surface area contributed by atoms with Gasteiger partial charge in [0, 0.05) is 5.92 Å². The predicted molar refractivity (Wildman–Crippen MR) is 49.6 cm³/mol. The van der Waals surface area contributed by atoms with Crippen LogP contribution in [0.1, 0.15) is 18.1 Å². The summed E-state index contributed by atoms with van der Waals surface area (Å²) in [4.78, 5) is 0. The Hall–Kier alpha value is -1.80. The molecule has 0 aromatic heterocycles. The molecule has 1 rings (SSSR count). The summed E-state index contributed by atoms with van der Waals surface area (Å²) in [5.74, 6) is 0.0351. The van der Waals surface area contributed by atoms with Crippen molar-refractivity contribution in [1.29, 1.82) is 10.5 Å². The molecule has 1 aromatic carbocycles. The second kappa shape index (κ2) is 4.28. The Balaban J connectivity index is 2.72. The predicted octanol–water partition coefficient (Wildman–Crippen LogP) is 2.26. The van der Waals surface area contributed by atoms with E-state index in [1.54, 1.807) is 12.1 Å². The first-order valence-corrected chi connectivity index (χ1v) is 4.15. The van der Waals surface area contributed by atoms with Crippen LogP contribution >= 0.6 is 0 Å². The van der Waals surface area contributed by atoms with Gasteiger partial charge in [0.15, 0.2) is 0 Å². The highest BCUT2D eigenvalue weighted by Crippen LogP contribution is 2.08. The van der Waals surface area contributed by atoms with Crippen molar-refractivity contribution in [3.63, 3.8) is 0 Å². The summed E-state index contributed by atoms with van der Waals surface area (Å²) >= 11 is 0. The molecule has 0 aliphatic rings. The maximum atomic E-state index is 8.59. The summed E-state index contributed by atoms with van der Waals surface area (Å²) in [5.41, 5.74) is 1.77. The van der Waals surface area contributed by atoms with Crippen LogP contribution in [0, 0.1) is 28.6 Å². The van der Waals surface area contributed by atoms with E-state index in [1.165, 1.54) is 0 Å². The van der Waals surface area contributed by atoms with E-state index in [9.17, 15) is 0 Å². The fourth-order valence-corrected chi connectivity index (χ4v) is 1.11. The number of hydrogen-bond acceptors (Lipinski definition) is 2. The Morgan fingerprint density at radius 1 is 1.23 bits per heavy atom. The van der Waals surface area contributed by atoms with E-state index < -0.39 is 0 Å². The maximum absolute atomic E-state index is 8.59. The Kier molecular flexibility index (Phi) is 3.06. The van der Waals surface area contributed by atoms with Crippen LogP contribution in [0.4, 0.5) is 0 Å². The molecule has 0 heterocycles. The van der Waals surface area contributed by atoms with Gasteiger partial charge in [-0.25, -0.2) is 0 Å². The lowest BCUT2D eigenvalue weighted by molar-refractivity contribution is 0.739. The second-order valence-corrected chi connectivity index (χ2v) is 3.04. The molecule has 1 atom stereocenters. The molecule has 0 saturated heterocycles. The molecule has 0 bridgehead atoms. The summed E-state index contributed by atoms with van der Waals surface area (Å²) in [6, 6.07) is 11.6. The van der Waals surface area contributed by atoms with E-state index in [1.807, 2.05) is 19.1 Å². The van der Waals surface area contributed by atoms with Gasteiger partial charge in [0.2, 0.25) is 0 Å². The van der Waals surface area contributed by atoms with Gasteiger partial charge in [-0.2, -0.15) is 10.5 Å². The number of benzene rings is 1. The lowest BCUT2D eigenvalue weighted by atomic mass is 10.0. The average molecular weight is 170 g/mol.